The van der Waals surface area contributed by atoms with Crippen LogP contribution >= 0.6 is 11.3 Å². The molecule has 0 spiro atoms. The number of hydrogen-bond donors (Lipinski definition) is 1. The number of aryl methyl sites for hydroxylation is 1. The lowest BCUT2D eigenvalue weighted by molar-refractivity contribution is 0.0928. The largest absolute Gasteiger partial charge is 0.341 e. The first-order chi connectivity index (χ1) is 10.9. The molecule has 2 aromatic heterocycles. The Morgan fingerprint density at radius 2 is 2.26 bits per heavy atom. The SMILES string of the molecule is O=C(N[C@@H]1CCCn2ncnc21)c1sccc1S(=O)(=O)C(F)F. The molecule has 0 fully saturated rings. The topological polar surface area (TPSA) is 93.9 Å². The Morgan fingerprint density at radius 1 is 1.48 bits per heavy atom. The summed E-state index contributed by atoms with van der Waals surface area (Å²) in [6.45, 7) is 0.686. The Kier molecular flexibility index (Phi) is 4.15. The highest BCUT2D eigenvalue weighted by atomic mass is 32.2. The molecule has 1 N–H and O–H groups in total. The van der Waals surface area contributed by atoms with Crippen molar-refractivity contribution in [3.8, 4) is 0 Å². The van der Waals surface area contributed by atoms with Gasteiger partial charge >= 0.3 is 5.76 Å². The summed E-state index contributed by atoms with van der Waals surface area (Å²) in [6, 6.07) is 0.590. The van der Waals surface area contributed by atoms with Crippen LogP contribution in [0.2, 0.25) is 0 Å². The van der Waals surface area contributed by atoms with Crippen LogP contribution in [0, 0.1) is 0 Å². The molecule has 1 atom stereocenters. The molecule has 2 aromatic rings. The van der Waals surface area contributed by atoms with Crippen molar-refractivity contribution < 1.29 is 22.0 Å². The zero-order chi connectivity index (χ0) is 16.6. The Bertz CT molecular complexity index is 831. The van der Waals surface area contributed by atoms with Gasteiger partial charge < -0.3 is 5.32 Å². The lowest BCUT2D eigenvalue weighted by atomic mass is 10.1. The molecule has 0 aromatic carbocycles. The quantitative estimate of drug-likeness (QED) is 0.892. The molecule has 0 saturated carbocycles. The molecule has 7 nitrogen and oxygen atoms in total. The predicted octanol–water partition coefficient (Wildman–Crippen LogP) is 1.60. The van der Waals surface area contributed by atoms with Crippen LogP contribution in [0.15, 0.2) is 22.7 Å². The van der Waals surface area contributed by atoms with Gasteiger partial charge in [0, 0.05) is 6.54 Å². The van der Waals surface area contributed by atoms with Gasteiger partial charge in [0.25, 0.3) is 5.91 Å². The molecule has 23 heavy (non-hydrogen) atoms. The van der Waals surface area contributed by atoms with E-state index in [4.69, 9.17) is 0 Å². The minimum Gasteiger partial charge on any atom is -0.341 e. The van der Waals surface area contributed by atoms with Crippen molar-refractivity contribution in [2.45, 2.75) is 36.1 Å². The van der Waals surface area contributed by atoms with Crippen LogP contribution in [-0.2, 0) is 16.4 Å². The van der Waals surface area contributed by atoms with Gasteiger partial charge in [-0.1, -0.05) is 0 Å². The van der Waals surface area contributed by atoms with Crippen molar-refractivity contribution in [2.75, 3.05) is 0 Å². The molecular formula is C12H12F2N4O3S2. The van der Waals surface area contributed by atoms with E-state index in [2.05, 4.69) is 15.4 Å². The van der Waals surface area contributed by atoms with E-state index in [1.54, 1.807) is 4.68 Å². The molecule has 0 radical (unpaired) electrons. The fraction of sp³-hybridized carbons (Fsp3) is 0.417. The van der Waals surface area contributed by atoms with Crippen molar-refractivity contribution in [1.29, 1.82) is 0 Å². The summed E-state index contributed by atoms with van der Waals surface area (Å²) in [4.78, 5) is 15.5. The summed E-state index contributed by atoms with van der Waals surface area (Å²) in [5, 5.41) is 7.97. The van der Waals surface area contributed by atoms with Gasteiger partial charge in [-0.05, 0) is 24.3 Å². The Morgan fingerprint density at radius 3 is 3.00 bits per heavy atom. The van der Waals surface area contributed by atoms with E-state index in [0.717, 1.165) is 23.8 Å². The molecule has 11 heteroatoms. The lowest BCUT2D eigenvalue weighted by Crippen LogP contribution is -2.33. The number of sulfone groups is 1. The number of thiophene rings is 1. The number of nitrogens with one attached hydrogen (secondary N) is 1. The molecule has 0 aliphatic carbocycles. The van der Waals surface area contributed by atoms with Crippen LogP contribution in [0.3, 0.4) is 0 Å². The van der Waals surface area contributed by atoms with Crippen LogP contribution in [-0.4, -0.2) is 34.8 Å². The van der Waals surface area contributed by atoms with Crippen molar-refractivity contribution in [1.82, 2.24) is 20.1 Å². The van der Waals surface area contributed by atoms with Crippen LogP contribution < -0.4 is 5.32 Å². The van der Waals surface area contributed by atoms with Crippen molar-refractivity contribution in [3.05, 3.63) is 28.5 Å². The van der Waals surface area contributed by atoms with E-state index in [0.29, 0.717) is 18.8 Å². The summed E-state index contributed by atoms with van der Waals surface area (Å²) in [5.74, 6) is -3.71. The van der Waals surface area contributed by atoms with E-state index >= 15 is 0 Å². The number of rotatable bonds is 4. The molecule has 3 rings (SSSR count). The summed E-state index contributed by atoms with van der Waals surface area (Å²) >= 11 is 0.806. The second-order valence-electron chi connectivity index (χ2n) is 4.93. The highest BCUT2D eigenvalue weighted by molar-refractivity contribution is 7.92. The number of aromatic nitrogens is 3. The Labute approximate surface area is 134 Å². The van der Waals surface area contributed by atoms with Gasteiger partial charge in [-0.3, -0.25) is 4.79 Å². The number of nitrogens with zero attached hydrogens (tertiary/aromatic N) is 3. The Hall–Kier alpha value is -1.88. The molecule has 1 aliphatic rings. The number of halogens is 2. The summed E-state index contributed by atoms with van der Waals surface area (Å²) in [5.41, 5.74) is 0. The minimum absolute atomic E-state index is 0.248. The molecule has 0 bridgehead atoms. The monoisotopic (exact) mass is 362 g/mol. The summed E-state index contributed by atoms with van der Waals surface area (Å²) in [6.07, 6.45) is 2.76. The average Bonchev–Trinajstić information content (AvgIpc) is 3.16. The average molecular weight is 362 g/mol. The van der Waals surface area contributed by atoms with Crippen molar-refractivity contribution in [3.63, 3.8) is 0 Å². The van der Waals surface area contributed by atoms with Crippen LogP contribution in [0.5, 0.6) is 0 Å². The van der Waals surface area contributed by atoms with Crippen LogP contribution in [0.25, 0.3) is 0 Å². The number of alkyl halides is 2. The molecule has 1 aliphatic heterocycles. The maximum Gasteiger partial charge on any atom is 0.341 e. The molecule has 3 heterocycles. The minimum atomic E-state index is -4.82. The highest BCUT2D eigenvalue weighted by Gasteiger charge is 2.33. The fourth-order valence-electron chi connectivity index (χ4n) is 2.43. The van der Waals surface area contributed by atoms with E-state index in [1.807, 2.05) is 0 Å². The van der Waals surface area contributed by atoms with Gasteiger partial charge in [0.05, 0.1) is 10.9 Å². The maximum absolute atomic E-state index is 12.7. The van der Waals surface area contributed by atoms with Gasteiger partial charge in [0.15, 0.2) is 0 Å². The lowest BCUT2D eigenvalue weighted by Gasteiger charge is -2.23. The van der Waals surface area contributed by atoms with Crippen molar-refractivity contribution in [2.24, 2.45) is 0 Å². The van der Waals surface area contributed by atoms with E-state index < -0.39 is 32.4 Å². The summed E-state index contributed by atoms with van der Waals surface area (Å²) < 4.78 is 50.3. The van der Waals surface area contributed by atoms with Crippen LogP contribution in [0.1, 0.15) is 34.4 Å². The van der Waals surface area contributed by atoms with Crippen LogP contribution in [0.4, 0.5) is 8.78 Å². The number of carbonyl (C=O) groups excluding carboxylic acids is 1. The first-order valence-corrected chi connectivity index (χ1v) is 9.12. The van der Waals surface area contributed by atoms with E-state index in [-0.39, 0.29) is 4.88 Å². The second kappa shape index (κ2) is 5.96. The molecule has 0 unspecified atom stereocenters. The normalized spacial score (nSPS) is 18.0. The fourth-order valence-corrected chi connectivity index (χ4v) is 4.50. The molecule has 1 amide bonds. The van der Waals surface area contributed by atoms with Gasteiger partial charge in [-0.2, -0.15) is 13.9 Å². The van der Waals surface area contributed by atoms with Gasteiger partial charge in [-0.25, -0.2) is 18.1 Å². The third-order valence-electron chi connectivity index (χ3n) is 3.50. The zero-order valence-corrected chi connectivity index (χ0v) is 13.3. The standard InChI is InChI=1S/C12H12F2N4O3S2/c13-12(14)23(20,21)8-3-5-22-9(8)11(19)17-7-2-1-4-18-10(7)15-6-16-18/h3,5-7,12H,1-2,4H2,(H,17,19)/t7-/m1/s1. The second-order valence-corrected chi connectivity index (χ2v) is 7.73. The number of fused-ring (bicyclic) bond motifs is 1. The maximum atomic E-state index is 12.7. The van der Waals surface area contributed by atoms with Crippen molar-refractivity contribution >= 4 is 27.1 Å². The molecular weight excluding hydrogens is 350 g/mol. The molecule has 124 valence electrons. The Balaban J connectivity index is 1.86. The number of amides is 1. The van der Waals surface area contributed by atoms with E-state index in [1.165, 1.54) is 11.7 Å². The summed E-state index contributed by atoms with van der Waals surface area (Å²) in [7, 11) is -4.82. The number of hydrogen-bond acceptors (Lipinski definition) is 6. The third kappa shape index (κ3) is 2.85. The molecule has 0 saturated heterocycles. The van der Waals surface area contributed by atoms with Gasteiger partial charge in [0.2, 0.25) is 9.84 Å². The third-order valence-corrected chi connectivity index (χ3v) is 5.97. The predicted molar refractivity (Wildman–Crippen MR) is 77.0 cm³/mol. The smallest absolute Gasteiger partial charge is 0.341 e. The van der Waals surface area contributed by atoms with Gasteiger partial charge in [-0.15, -0.1) is 11.3 Å². The highest BCUT2D eigenvalue weighted by Crippen LogP contribution is 2.28. The number of carbonyl (C=O) groups is 1. The first kappa shape index (κ1) is 16.0. The zero-order valence-electron chi connectivity index (χ0n) is 11.6. The van der Waals surface area contributed by atoms with E-state index in [9.17, 15) is 22.0 Å². The van der Waals surface area contributed by atoms with Gasteiger partial charge in [0.1, 0.15) is 17.0 Å². The first-order valence-electron chi connectivity index (χ1n) is 6.69.